The highest BCUT2D eigenvalue weighted by molar-refractivity contribution is 7.17. The van der Waals surface area contributed by atoms with E-state index in [1.165, 1.54) is 16.9 Å². The zero-order chi connectivity index (χ0) is 19.8. The van der Waals surface area contributed by atoms with Crippen LogP contribution in [0.2, 0.25) is 0 Å². The van der Waals surface area contributed by atoms with Crippen molar-refractivity contribution < 1.29 is 0 Å². The van der Waals surface area contributed by atoms with Gasteiger partial charge in [-0.3, -0.25) is 9.36 Å². The first-order valence-electron chi connectivity index (χ1n) is 9.22. The van der Waals surface area contributed by atoms with Crippen molar-refractivity contribution >= 4 is 32.9 Å². The van der Waals surface area contributed by atoms with Crippen LogP contribution in [0.1, 0.15) is 11.3 Å². The lowest BCUT2D eigenvalue weighted by Crippen LogP contribution is -2.21. The Morgan fingerprint density at radius 3 is 2.52 bits per heavy atom. The lowest BCUT2D eigenvalue weighted by molar-refractivity contribution is 0.735. The number of fused-ring (bicyclic) bond motifs is 1. The fourth-order valence-corrected chi connectivity index (χ4v) is 5.02. The molecule has 0 spiro atoms. The van der Waals surface area contributed by atoms with E-state index in [0.29, 0.717) is 11.9 Å². The van der Waals surface area contributed by atoms with E-state index in [1.807, 2.05) is 41.1 Å². The van der Waals surface area contributed by atoms with Crippen LogP contribution in [0, 0.1) is 6.92 Å². The van der Waals surface area contributed by atoms with Gasteiger partial charge in [0.05, 0.1) is 24.0 Å². The first-order chi connectivity index (χ1) is 14.2. The number of aryl methyl sites for hydroxylation is 1. The van der Waals surface area contributed by atoms with Gasteiger partial charge in [0.25, 0.3) is 5.56 Å². The maximum absolute atomic E-state index is 13.2. The van der Waals surface area contributed by atoms with Crippen LogP contribution in [0.25, 0.3) is 31.9 Å². The maximum atomic E-state index is 13.2. The van der Waals surface area contributed by atoms with E-state index in [0.717, 1.165) is 32.2 Å². The molecule has 0 N–H and O–H groups in total. The van der Waals surface area contributed by atoms with Crippen LogP contribution in [0.3, 0.4) is 0 Å². The molecule has 5 aromatic rings. The highest BCUT2D eigenvalue weighted by Gasteiger charge is 2.14. The first-order valence-corrected chi connectivity index (χ1v) is 11.0. The normalized spacial score (nSPS) is 11.2. The minimum atomic E-state index is -0.0278. The van der Waals surface area contributed by atoms with Gasteiger partial charge in [-0.15, -0.1) is 22.7 Å². The standard InChI is InChI=1S/C23H17N3OS2/c1-15-7-9-17(10-8-15)21-25-18(12-28-21)11-26-14-24-22-20(23(26)27)19(13-29-22)16-5-3-2-4-6-16/h2-10,12-14H,11H2,1H3. The fourth-order valence-electron chi connectivity index (χ4n) is 3.29. The fraction of sp³-hybridized carbons (Fsp3) is 0.0870. The molecule has 0 aliphatic heterocycles. The summed E-state index contributed by atoms with van der Waals surface area (Å²) < 4.78 is 1.65. The van der Waals surface area contributed by atoms with E-state index in [1.54, 1.807) is 22.2 Å². The van der Waals surface area contributed by atoms with E-state index >= 15 is 0 Å². The van der Waals surface area contributed by atoms with Crippen LogP contribution in [-0.2, 0) is 6.54 Å². The third-order valence-electron chi connectivity index (χ3n) is 4.83. The smallest absolute Gasteiger partial charge is 0.263 e. The van der Waals surface area contributed by atoms with E-state index in [2.05, 4.69) is 36.2 Å². The number of thiophene rings is 1. The van der Waals surface area contributed by atoms with Gasteiger partial charge >= 0.3 is 0 Å². The Hall–Kier alpha value is -3.09. The zero-order valence-electron chi connectivity index (χ0n) is 15.7. The lowest BCUT2D eigenvalue weighted by atomic mass is 10.1. The number of benzene rings is 2. The van der Waals surface area contributed by atoms with Crippen LogP contribution in [0.5, 0.6) is 0 Å². The molecule has 142 valence electrons. The van der Waals surface area contributed by atoms with Crippen molar-refractivity contribution in [2.45, 2.75) is 13.5 Å². The molecule has 0 aliphatic rings. The van der Waals surface area contributed by atoms with Crippen molar-refractivity contribution in [2.75, 3.05) is 0 Å². The van der Waals surface area contributed by atoms with E-state index in [9.17, 15) is 4.79 Å². The van der Waals surface area contributed by atoms with Crippen molar-refractivity contribution in [3.05, 3.63) is 93.3 Å². The van der Waals surface area contributed by atoms with Gasteiger partial charge in [-0.2, -0.15) is 0 Å². The van der Waals surface area contributed by atoms with Crippen molar-refractivity contribution in [3.63, 3.8) is 0 Å². The highest BCUT2D eigenvalue weighted by atomic mass is 32.1. The summed E-state index contributed by atoms with van der Waals surface area (Å²) in [6.45, 7) is 2.48. The molecule has 3 aromatic heterocycles. The van der Waals surface area contributed by atoms with Gasteiger partial charge in [-0.25, -0.2) is 9.97 Å². The van der Waals surface area contributed by atoms with Crippen molar-refractivity contribution in [1.82, 2.24) is 14.5 Å². The summed E-state index contributed by atoms with van der Waals surface area (Å²) in [5.74, 6) is 0. The molecular formula is C23H17N3OS2. The third-order valence-corrected chi connectivity index (χ3v) is 6.65. The number of hydrogen-bond donors (Lipinski definition) is 0. The Balaban J connectivity index is 1.51. The van der Waals surface area contributed by atoms with Gasteiger partial charge in [0.1, 0.15) is 9.84 Å². The Labute approximate surface area is 175 Å². The second kappa shape index (κ2) is 7.39. The second-order valence-electron chi connectivity index (χ2n) is 6.88. The first kappa shape index (κ1) is 18.0. The Kier molecular flexibility index (Phi) is 4.58. The molecule has 0 radical (unpaired) electrons. The molecule has 29 heavy (non-hydrogen) atoms. The molecule has 0 bridgehead atoms. The molecular weight excluding hydrogens is 398 g/mol. The number of rotatable bonds is 4. The third kappa shape index (κ3) is 3.41. The minimum Gasteiger partial charge on any atom is -0.293 e. The molecule has 0 unspecified atom stereocenters. The van der Waals surface area contributed by atoms with Crippen LogP contribution in [0.4, 0.5) is 0 Å². The van der Waals surface area contributed by atoms with Crippen LogP contribution in [0.15, 0.2) is 76.5 Å². The van der Waals surface area contributed by atoms with E-state index < -0.39 is 0 Å². The van der Waals surface area contributed by atoms with Gasteiger partial charge in [0.2, 0.25) is 0 Å². The topological polar surface area (TPSA) is 47.8 Å². The molecule has 4 nitrogen and oxygen atoms in total. The van der Waals surface area contributed by atoms with Crippen molar-refractivity contribution in [2.24, 2.45) is 0 Å². The van der Waals surface area contributed by atoms with Crippen LogP contribution < -0.4 is 5.56 Å². The predicted molar refractivity (Wildman–Crippen MR) is 121 cm³/mol. The summed E-state index contributed by atoms with van der Waals surface area (Å²) in [6, 6.07) is 18.3. The van der Waals surface area contributed by atoms with Crippen LogP contribution >= 0.6 is 22.7 Å². The quantitative estimate of drug-likeness (QED) is 0.384. The largest absolute Gasteiger partial charge is 0.293 e. The highest BCUT2D eigenvalue weighted by Crippen LogP contribution is 2.30. The minimum absolute atomic E-state index is 0.0278. The Morgan fingerprint density at radius 2 is 1.72 bits per heavy atom. The molecule has 0 atom stereocenters. The average Bonchev–Trinajstić information content (AvgIpc) is 3.39. The Morgan fingerprint density at radius 1 is 0.931 bits per heavy atom. The van der Waals surface area contributed by atoms with Gasteiger partial charge in [0, 0.05) is 21.9 Å². The summed E-state index contributed by atoms with van der Waals surface area (Å²) in [5, 5.41) is 5.66. The molecule has 5 rings (SSSR count). The molecule has 3 heterocycles. The van der Waals surface area contributed by atoms with E-state index in [4.69, 9.17) is 4.98 Å². The van der Waals surface area contributed by atoms with Crippen LogP contribution in [-0.4, -0.2) is 14.5 Å². The van der Waals surface area contributed by atoms with Crippen molar-refractivity contribution in [3.8, 4) is 21.7 Å². The summed E-state index contributed by atoms with van der Waals surface area (Å²) in [6.07, 6.45) is 1.63. The summed E-state index contributed by atoms with van der Waals surface area (Å²) in [4.78, 5) is 23.2. The monoisotopic (exact) mass is 415 g/mol. The summed E-state index contributed by atoms with van der Waals surface area (Å²) in [7, 11) is 0. The maximum Gasteiger partial charge on any atom is 0.263 e. The second-order valence-corrected chi connectivity index (χ2v) is 8.60. The molecule has 0 amide bonds. The summed E-state index contributed by atoms with van der Waals surface area (Å²) in [5.41, 5.74) is 5.13. The molecule has 0 fully saturated rings. The van der Waals surface area contributed by atoms with E-state index in [-0.39, 0.29) is 5.56 Å². The lowest BCUT2D eigenvalue weighted by Gasteiger charge is -2.04. The zero-order valence-corrected chi connectivity index (χ0v) is 17.3. The van der Waals surface area contributed by atoms with Crippen molar-refractivity contribution in [1.29, 1.82) is 0 Å². The Bertz CT molecular complexity index is 1350. The molecule has 0 saturated carbocycles. The number of hydrogen-bond acceptors (Lipinski definition) is 5. The summed E-state index contributed by atoms with van der Waals surface area (Å²) >= 11 is 3.10. The molecule has 0 saturated heterocycles. The average molecular weight is 416 g/mol. The van der Waals surface area contributed by atoms with Gasteiger partial charge < -0.3 is 0 Å². The van der Waals surface area contributed by atoms with Gasteiger partial charge in [0.15, 0.2) is 0 Å². The number of aromatic nitrogens is 3. The van der Waals surface area contributed by atoms with Gasteiger partial charge in [-0.05, 0) is 12.5 Å². The molecule has 2 aromatic carbocycles. The number of thiazole rings is 1. The number of nitrogens with zero attached hydrogens (tertiary/aromatic N) is 3. The SMILES string of the molecule is Cc1ccc(-c2nc(Cn3cnc4scc(-c5ccccc5)c4c3=O)cs2)cc1. The molecule has 0 aliphatic carbocycles. The molecule has 6 heteroatoms. The van der Waals surface area contributed by atoms with Gasteiger partial charge in [-0.1, -0.05) is 60.2 Å². The predicted octanol–water partition coefficient (Wildman–Crippen LogP) is 5.61.